The molecule has 7 nitrogen and oxygen atoms in total. The van der Waals surface area contributed by atoms with Gasteiger partial charge in [0.15, 0.2) is 0 Å². The van der Waals surface area contributed by atoms with Crippen LogP contribution >= 0.6 is 0 Å². The molecule has 7 heteroatoms. The topological polar surface area (TPSA) is 111 Å². The van der Waals surface area contributed by atoms with Gasteiger partial charge in [0.1, 0.15) is 0 Å². The number of carbonyl (C=O) groups is 3. The van der Waals surface area contributed by atoms with E-state index in [9.17, 15) is 14.4 Å². The number of aromatic carboxylic acids is 1. The fraction of sp³-hybridized carbons (Fsp3) is 0.353. The van der Waals surface area contributed by atoms with Crippen LogP contribution in [-0.2, 0) is 16.0 Å². The molecule has 24 heavy (non-hydrogen) atoms. The van der Waals surface area contributed by atoms with Crippen molar-refractivity contribution in [2.24, 2.45) is 0 Å². The van der Waals surface area contributed by atoms with E-state index < -0.39 is 5.97 Å². The Labute approximate surface area is 139 Å². The van der Waals surface area contributed by atoms with E-state index >= 15 is 0 Å². The number of hydrogen-bond donors (Lipinski definition) is 4. The second-order valence-electron chi connectivity index (χ2n) is 5.59. The normalized spacial score (nSPS) is 10.5. The fourth-order valence-corrected chi connectivity index (χ4v) is 2.43. The number of carboxylic acid groups (broad SMARTS) is 1. The van der Waals surface area contributed by atoms with Gasteiger partial charge in [0.05, 0.1) is 5.56 Å². The van der Waals surface area contributed by atoms with Gasteiger partial charge < -0.3 is 20.7 Å². The van der Waals surface area contributed by atoms with Crippen LogP contribution in [-0.4, -0.2) is 41.0 Å². The first-order chi connectivity index (χ1) is 11.5. The summed E-state index contributed by atoms with van der Waals surface area (Å²) in [6.07, 6.45) is 1.79. The van der Waals surface area contributed by atoms with Gasteiger partial charge in [0.25, 0.3) is 0 Å². The summed E-state index contributed by atoms with van der Waals surface area (Å²) >= 11 is 0. The molecule has 0 saturated carbocycles. The molecule has 0 fully saturated rings. The largest absolute Gasteiger partial charge is 0.478 e. The van der Waals surface area contributed by atoms with Crippen molar-refractivity contribution in [1.82, 2.24) is 15.6 Å². The number of benzene rings is 1. The van der Waals surface area contributed by atoms with Gasteiger partial charge in [-0.25, -0.2) is 4.79 Å². The Morgan fingerprint density at radius 3 is 2.58 bits per heavy atom. The van der Waals surface area contributed by atoms with Gasteiger partial charge in [0.2, 0.25) is 11.8 Å². The summed E-state index contributed by atoms with van der Waals surface area (Å²) in [5.41, 5.74) is 2.11. The number of aryl methyl sites for hydroxylation is 1. The molecule has 1 aromatic carbocycles. The second kappa shape index (κ2) is 8.14. The number of rotatable bonds is 8. The summed E-state index contributed by atoms with van der Waals surface area (Å²) in [6.45, 7) is 2.28. The molecule has 1 heterocycles. The number of aromatic amines is 1. The fourth-order valence-electron chi connectivity index (χ4n) is 2.43. The van der Waals surface area contributed by atoms with Gasteiger partial charge >= 0.3 is 5.97 Å². The van der Waals surface area contributed by atoms with Crippen molar-refractivity contribution in [3.05, 3.63) is 35.5 Å². The Bertz CT molecular complexity index is 751. The van der Waals surface area contributed by atoms with Gasteiger partial charge in [-0.15, -0.1) is 0 Å². The monoisotopic (exact) mass is 331 g/mol. The van der Waals surface area contributed by atoms with E-state index in [0.29, 0.717) is 32.4 Å². The minimum absolute atomic E-state index is 0.0513. The molecule has 0 aliphatic rings. The summed E-state index contributed by atoms with van der Waals surface area (Å²) in [6, 6.07) is 6.85. The standard InChI is InChI=1S/C17H21N3O4/c1-11(21)18-7-8-19-16(22)4-2-3-14-10-13-9-12(17(23)24)5-6-15(13)20-14/h5-6,9-10,20H,2-4,7-8H2,1H3,(H,18,21)(H,19,22)(H,23,24). The van der Waals surface area contributed by atoms with Crippen LogP contribution in [0.1, 0.15) is 35.8 Å². The van der Waals surface area contributed by atoms with Crippen LogP contribution in [0.3, 0.4) is 0 Å². The van der Waals surface area contributed by atoms with E-state index in [-0.39, 0.29) is 17.4 Å². The highest BCUT2D eigenvalue weighted by Gasteiger charge is 2.07. The number of carbonyl (C=O) groups excluding carboxylic acids is 2. The molecule has 0 aliphatic carbocycles. The molecule has 4 N–H and O–H groups in total. The lowest BCUT2D eigenvalue weighted by Crippen LogP contribution is -2.33. The lowest BCUT2D eigenvalue weighted by Gasteiger charge is -2.05. The molecule has 0 aliphatic heterocycles. The molecule has 0 radical (unpaired) electrons. The lowest BCUT2D eigenvalue weighted by atomic mass is 10.1. The highest BCUT2D eigenvalue weighted by molar-refractivity contribution is 5.93. The van der Waals surface area contributed by atoms with Gasteiger partial charge in [-0.05, 0) is 37.1 Å². The molecule has 1 aromatic heterocycles. The average Bonchev–Trinajstić information content (AvgIpc) is 2.93. The molecule has 0 spiro atoms. The van der Waals surface area contributed by atoms with Crippen LogP contribution < -0.4 is 10.6 Å². The third-order valence-corrected chi connectivity index (χ3v) is 3.59. The van der Waals surface area contributed by atoms with Crippen molar-refractivity contribution >= 4 is 28.7 Å². The molecule has 0 atom stereocenters. The van der Waals surface area contributed by atoms with Crippen LogP contribution in [0, 0.1) is 0 Å². The maximum Gasteiger partial charge on any atom is 0.335 e. The van der Waals surface area contributed by atoms with E-state index in [1.165, 1.54) is 6.92 Å². The quantitative estimate of drug-likeness (QED) is 0.548. The van der Waals surface area contributed by atoms with Crippen molar-refractivity contribution in [3.63, 3.8) is 0 Å². The van der Waals surface area contributed by atoms with Crippen LogP contribution in [0.25, 0.3) is 10.9 Å². The van der Waals surface area contributed by atoms with Crippen molar-refractivity contribution < 1.29 is 19.5 Å². The van der Waals surface area contributed by atoms with Crippen molar-refractivity contribution in [2.45, 2.75) is 26.2 Å². The number of carboxylic acids is 1. The first kappa shape index (κ1) is 17.5. The molecule has 2 aromatic rings. The number of H-pyrrole nitrogens is 1. The Hall–Kier alpha value is -2.83. The first-order valence-corrected chi connectivity index (χ1v) is 7.82. The lowest BCUT2D eigenvalue weighted by molar-refractivity contribution is -0.122. The predicted molar refractivity (Wildman–Crippen MR) is 89.9 cm³/mol. The van der Waals surface area contributed by atoms with E-state index in [1.807, 2.05) is 6.07 Å². The van der Waals surface area contributed by atoms with Gasteiger partial charge in [-0.2, -0.15) is 0 Å². The van der Waals surface area contributed by atoms with Gasteiger partial charge in [0, 0.05) is 43.0 Å². The summed E-state index contributed by atoms with van der Waals surface area (Å²) in [5.74, 6) is -1.12. The number of hydrogen-bond acceptors (Lipinski definition) is 3. The van der Waals surface area contributed by atoms with Crippen molar-refractivity contribution in [1.29, 1.82) is 0 Å². The predicted octanol–water partition coefficient (Wildman–Crippen LogP) is 1.44. The number of aromatic nitrogens is 1. The third kappa shape index (κ3) is 5.12. The maximum absolute atomic E-state index is 11.7. The van der Waals surface area contributed by atoms with E-state index in [1.54, 1.807) is 18.2 Å². The van der Waals surface area contributed by atoms with Gasteiger partial charge in [-0.1, -0.05) is 0 Å². The minimum Gasteiger partial charge on any atom is -0.478 e. The van der Waals surface area contributed by atoms with E-state index in [0.717, 1.165) is 16.6 Å². The minimum atomic E-state index is -0.949. The molecule has 128 valence electrons. The Morgan fingerprint density at radius 2 is 1.88 bits per heavy atom. The molecule has 0 saturated heterocycles. The third-order valence-electron chi connectivity index (χ3n) is 3.59. The smallest absolute Gasteiger partial charge is 0.335 e. The highest BCUT2D eigenvalue weighted by atomic mass is 16.4. The highest BCUT2D eigenvalue weighted by Crippen LogP contribution is 2.18. The van der Waals surface area contributed by atoms with Crippen LogP contribution in [0.5, 0.6) is 0 Å². The SMILES string of the molecule is CC(=O)NCCNC(=O)CCCc1cc2cc(C(=O)O)ccc2[nH]1. The summed E-state index contributed by atoms with van der Waals surface area (Å²) in [5, 5.41) is 15.2. The zero-order valence-corrected chi connectivity index (χ0v) is 13.5. The average molecular weight is 331 g/mol. The maximum atomic E-state index is 11.7. The molecular weight excluding hydrogens is 310 g/mol. The van der Waals surface area contributed by atoms with E-state index in [4.69, 9.17) is 5.11 Å². The van der Waals surface area contributed by atoms with Crippen LogP contribution in [0.4, 0.5) is 0 Å². The first-order valence-electron chi connectivity index (χ1n) is 7.82. The van der Waals surface area contributed by atoms with Crippen LogP contribution in [0.2, 0.25) is 0 Å². The van der Waals surface area contributed by atoms with Gasteiger partial charge in [-0.3, -0.25) is 9.59 Å². The van der Waals surface area contributed by atoms with Crippen LogP contribution in [0.15, 0.2) is 24.3 Å². The molecule has 2 amide bonds. The number of amides is 2. The van der Waals surface area contributed by atoms with Crippen molar-refractivity contribution in [2.75, 3.05) is 13.1 Å². The summed E-state index contributed by atoms with van der Waals surface area (Å²) in [4.78, 5) is 36.6. The molecular formula is C17H21N3O4. The Morgan fingerprint density at radius 1 is 1.12 bits per heavy atom. The number of nitrogens with one attached hydrogen (secondary N) is 3. The zero-order chi connectivity index (χ0) is 17.5. The zero-order valence-electron chi connectivity index (χ0n) is 13.5. The molecule has 0 bridgehead atoms. The second-order valence-corrected chi connectivity index (χ2v) is 5.59. The van der Waals surface area contributed by atoms with E-state index in [2.05, 4.69) is 15.6 Å². The Balaban J connectivity index is 1.78. The summed E-state index contributed by atoms with van der Waals surface area (Å²) < 4.78 is 0. The molecule has 2 rings (SSSR count). The Kier molecular flexibility index (Phi) is 5.95. The summed E-state index contributed by atoms with van der Waals surface area (Å²) in [7, 11) is 0. The molecule has 0 unspecified atom stereocenters. The number of fused-ring (bicyclic) bond motifs is 1. The van der Waals surface area contributed by atoms with Crippen molar-refractivity contribution in [3.8, 4) is 0 Å².